The van der Waals surface area contributed by atoms with Crippen LogP contribution in [0.25, 0.3) is 11.0 Å². The lowest BCUT2D eigenvalue weighted by molar-refractivity contribution is 0.0741. The average molecular weight is 262 g/mol. The van der Waals surface area contributed by atoms with Gasteiger partial charge in [-0.05, 0) is 56.6 Å². The molecular formula is C14H18N2OS. The molecule has 0 bridgehead atoms. The molecule has 0 amide bonds. The number of hydrogen-bond acceptors (Lipinski definition) is 2. The molecule has 3 rings (SSSR count). The normalized spacial score (nSPS) is 21.6. The number of aromatic amines is 1. The third-order valence-electron chi connectivity index (χ3n) is 3.78. The Morgan fingerprint density at radius 3 is 3.06 bits per heavy atom. The number of rotatable bonds is 2. The first-order valence-electron chi connectivity index (χ1n) is 6.49. The van der Waals surface area contributed by atoms with Gasteiger partial charge >= 0.3 is 0 Å². The van der Waals surface area contributed by atoms with E-state index in [-0.39, 0.29) is 12.1 Å². The highest BCUT2D eigenvalue weighted by Crippen LogP contribution is 2.28. The van der Waals surface area contributed by atoms with E-state index >= 15 is 0 Å². The summed E-state index contributed by atoms with van der Waals surface area (Å²) in [6, 6.07) is 6.68. The van der Waals surface area contributed by atoms with Gasteiger partial charge in [-0.3, -0.25) is 0 Å². The molecule has 1 fully saturated rings. The molecule has 1 aliphatic rings. The number of nitrogens with one attached hydrogen (secondary N) is 1. The Kier molecular flexibility index (Phi) is 2.99. The second kappa shape index (κ2) is 4.52. The molecule has 2 atom stereocenters. The standard InChI is InChI=1S/C14H18N2OS/c1-9-5-6-11-12(8-9)16(14(18)15-11)10(2)13-4-3-7-17-13/h5-6,8,10,13H,3-4,7H2,1-2H3,(H,15,18). The molecule has 4 heteroatoms. The summed E-state index contributed by atoms with van der Waals surface area (Å²) in [5.74, 6) is 0. The third kappa shape index (κ3) is 1.89. The first kappa shape index (κ1) is 11.9. The number of nitrogens with zero attached hydrogens (tertiary/aromatic N) is 1. The Balaban J connectivity index is 2.12. The van der Waals surface area contributed by atoms with E-state index in [1.165, 1.54) is 11.1 Å². The van der Waals surface area contributed by atoms with Crippen LogP contribution in [0.1, 0.15) is 31.4 Å². The van der Waals surface area contributed by atoms with Gasteiger partial charge in [-0.25, -0.2) is 0 Å². The van der Waals surface area contributed by atoms with Gasteiger partial charge in [0.25, 0.3) is 0 Å². The lowest BCUT2D eigenvalue weighted by Gasteiger charge is -2.21. The maximum Gasteiger partial charge on any atom is 0.178 e. The molecule has 0 radical (unpaired) electrons. The molecule has 18 heavy (non-hydrogen) atoms. The van der Waals surface area contributed by atoms with Crippen LogP contribution in [0.5, 0.6) is 0 Å². The molecule has 2 unspecified atom stereocenters. The number of benzene rings is 1. The zero-order valence-electron chi connectivity index (χ0n) is 10.8. The van der Waals surface area contributed by atoms with Crippen molar-refractivity contribution in [3.05, 3.63) is 28.5 Å². The van der Waals surface area contributed by atoms with Crippen LogP contribution in [0.3, 0.4) is 0 Å². The van der Waals surface area contributed by atoms with Gasteiger partial charge in [0.2, 0.25) is 0 Å². The van der Waals surface area contributed by atoms with E-state index in [1.54, 1.807) is 0 Å². The number of aryl methyl sites for hydroxylation is 1. The second-order valence-electron chi connectivity index (χ2n) is 5.11. The van der Waals surface area contributed by atoms with Gasteiger partial charge in [-0.15, -0.1) is 0 Å². The fraction of sp³-hybridized carbons (Fsp3) is 0.500. The summed E-state index contributed by atoms with van der Waals surface area (Å²) in [6.45, 7) is 5.18. The molecule has 3 nitrogen and oxygen atoms in total. The summed E-state index contributed by atoms with van der Waals surface area (Å²) in [5.41, 5.74) is 3.54. The molecule has 0 saturated carbocycles. The SMILES string of the molecule is Cc1ccc2[nH]c(=S)n(C(C)C3CCCO3)c2c1. The highest BCUT2D eigenvalue weighted by molar-refractivity contribution is 7.71. The fourth-order valence-electron chi connectivity index (χ4n) is 2.79. The zero-order valence-corrected chi connectivity index (χ0v) is 11.6. The molecule has 0 aliphatic carbocycles. The number of imidazole rings is 1. The van der Waals surface area contributed by atoms with Crippen LogP contribution in [-0.2, 0) is 4.74 Å². The maximum atomic E-state index is 5.79. The van der Waals surface area contributed by atoms with E-state index in [4.69, 9.17) is 17.0 Å². The number of ether oxygens (including phenoxy) is 1. The third-order valence-corrected chi connectivity index (χ3v) is 4.08. The quantitative estimate of drug-likeness (QED) is 0.835. The van der Waals surface area contributed by atoms with Crippen LogP contribution in [0.15, 0.2) is 18.2 Å². The van der Waals surface area contributed by atoms with Gasteiger partial charge in [0.05, 0.1) is 23.2 Å². The molecule has 0 spiro atoms. The van der Waals surface area contributed by atoms with E-state index < -0.39 is 0 Å². The van der Waals surface area contributed by atoms with E-state index in [9.17, 15) is 0 Å². The molecule has 1 aromatic heterocycles. The van der Waals surface area contributed by atoms with Crippen LogP contribution in [0.4, 0.5) is 0 Å². The molecular weight excluding hydrogens is 244 g/mol. The van der Waals surface area contributed by atoms with Crippen molar-refractivity contribution in [3.63, 3.8) is 0 Å². The molecule has 1 saturated heterocycles. The molecule has 96 valence electrons. The van der Waals surface area contributed by atoms with E-state index in [2.05, 4.69) is 41.6 Å². The minimum absolute atomic E-state index is 0.288. The Morgan fingerprint density at radius 1 is 1.50 bits per heavy atom. The second-order valence-corrected chi connectivity index (χ2v) is 5.50. The maximum absolute atomic E-state index is 5.79. The summed E-state index contributed by atoms with van der Waals surface area (Å²) >= 11 is 5.46. The molecule has 1 N–H and O–H groups in total. The van der Waals surface area contributed by atoms with Crippen molar-refractivity contribution in [1.82, 2.24) is 9.55 Å². The van der Waals surface area contributed by atoms with Crippen LogP contribution < -0.4 is 0 Å². The lowest BCUT2D eigenvalue weighted by atomic mass is 10.1. The first-order valence-corrected chi connectivity index (χ1v) is 6.90. The molecule has 1 aliphatic heterocycles. The van der Waals surface area contributed by atoms with Crippen molar-refractivity contribution < 1.29 is 4.74 Å². The van der Waals surface area contributed by atoms with Gasteiger partial charge in [-0.2, -0.15) is 0 Å². The van der Waals surface area contributed by atoms with Crippen molar-refractivity contribution in [2.45, 2.75) is 38.8 Å². The largest absolute Gasteiger partial charge is 0.376 e. The summed E-state index contributed by atoms with van der Waals surface area (Å²) in [6.07, 6.45) is 2.57. The predicted molar refractivity (Wildman–Crippen MR) is 75.5 cm³/mol. The lowest BCUT2D eigenvalue weighted by Crippen LogP contribution is -2.20. The Labute approximate surface area is 112 Å². The monoisotopic (exact) mass is 262 g/mol. The van der Waals surface area contributed by atoms with Crippen molar-refractivity contribution in [2.24, 2.45) is 0 Å². The summed E-state index contributed by atoms with van der Waals surface area (Å²) < 4.78 is 8.78. The van der Waals surface area contributed by atoms with E-state index in [0.29, 0.717) is 0 Å². The number of H-pyrrole nitrogens is 1. The fourth-order valence-corrected chi connectivity index (χ4v) is 3.16. The van der Waals surface area contributed by atoms with Gasteiger partial charge < -0.3 is 14.3 Å². The van der Waals surface area contributed by atoms with Crippen LogP contribution in [0, 0.1) is 11.7 Å². The Bertz CT molecular complexity index is 622. The Morgan fingerprint density at radius 2 is 2.33 bits per heavy atom. The number of aromatic nitrogens is 2. The zero-order chi connectivity index (χ0) is 12.7. The van der Waals surface area contributed by atoms with Gasteiger partial charge in [-0.1, -0.05) is 6.07 Å². The smallest absolute Gasteiger partial charge is 0.178 e. The van der Waals surface area contributed by atoms with Gasteiger partial charge in [0, 0.05) is 6.61 Å². The highest BCUT2D eigenvalue weighted by atomic mass is 32.1. The highest BCUT2D eigenvalue weighted by Gasteiger charge is 2.25. The molecule has 2 aromatic rings. The van der Waals surface area contributed by atoms with Gasteiger partial charge in [0.15, 0.2) is 4.77 Å². The van der Waals surface area contributed by atoms with Gasteiger partial charge in [0.1, 0.15) is 0 Å². The Hall–Kier alpha value is -1.13. The predicted octanol–water partition coefficient (Wildman–Crippen LogP) is 3.75. The average Bonchev–Trinajstić information content (AvgIpc) is 2.94. The topological polar surface area (TPSA) is 29.9 Å². The summed E-state index contributed by atoms with van der Waals surface area (Å²) in [7, 11) is 0. The first-order chi connectivity index (χ1) is 8.66. The number of hydrogen-bond donors (Lipinski definition) is 1. The van der Waals surface area contributed by atoms with Crippen molar-refractivity contribution in [1.29, 1.82) is 0 Å². The van der Waals surface area contributed by atoms with Crippen molar-refractivity contribution in [3.8, 4) is 0 Å². The minimum atomic E-state index is 0.288. The van der Waals surface area contributed by atoms with Crippen LogP contribution >= 0.6 is 12.2 Å². The number of fused-ring (bicyclic) bond motifs is 1. The van der Waals surface area contributed by atoms with E-state index in [0.717, 1.165) is 29.7 Å². The summed E-state index contributed by atoms with van der Waals surface area (Å²) in [5, 5.41) is 0. The molecule has 1 aromatic carbocycles. The minimum Gasteiger partial charge on any atom is -0.376 e. The van der Waals surface area contributed by atoms with E-state index in [1.807, 2.05) is 0 Å². The summed E-state index contributed by atoms with van der Waals surface area (Å²) in [4.78, 5) is 3.28. The van der Waals surface area contributed by atoms with Crippen molar-refractivity contribution in [2.75, 3.05) is 6.61 Å². The molecule has 2 heterocycles. The van der Waals surface area contributed by atoms with Crippen LogP contribution in [-0.4, -0.2) is 22.3 Å². The van der Waals surface area contributed by atoms with Crippen molar-refractivity contribution >= 4 is 23.3 Å². The van der Waals surface area contributed by atoms with Crippen LogP contribution in [0.2, 0.25) is 0 Å².